The summed E-state index contributed by atoms with van der Waals surface area (Å²) in [5.74, 6) is -1.65. The second-order valence-electron chi connectivity index (χ2n) is 14.3. The molecule has 0 saturated heterocycles. The first-order valence-corrected chi connectivity index (χ1v) is 20.8. The summed E-state index contributed by atoms with van der Waals surface area (Å²) in [5, 5.41) is 2.40. The van der Waals surface area contributed by atoms with Gasteiger partial charge in [-0.3, -0.25) is 0 Å². The van der Waals surface area contributed by atoms with Crippen LogP contribution < -0.4 is 5.19 Å². The first-order valence-electron chi connectivity index (χ1n) is 20.8. The number of nitrogens with zero attached hydrogens (tertiary/aromatic N) is 3. The van der Waals surface area contributed by atoms with E-state index in [2.05, 4.69) is 46.7 Å². The first kappa shape index (κ1) is 30.3. The summed E-state index contributed by atoms with van der Waals surface area (Å²) in [5.41, 5.74) is 6.37. The van der Waals surface area contributed by atoms with E-state index >= 15 is 0 Å². The van der Waals surface area contributed by atoms with Gasteiger partial charge in [-0.2, -0.15) is 0 Å². The molecule has 0 aliphatic heterocycles. The van der Waals surface area contributed by atoms with Crippen LogP contribution in [0, 0.1) is 24.9 Å². The van der Waals surface area contributed by atoms with E-state index < -0.39 is 33.1 Å². The smallest absolute Gasteiger partial charge is 0.216 e. The fourth-order valence-corrected chi connectivity index (χ4v) is 7.36. The normalized spacial score (nSPS) is 15.4. The summed E-state index contributed by atoms with van der Waals surface area (Å²) < 4.78 is 64.3. The van der Waals surface area contributed by atoms with Crippen molar-refractivity contribution in [3.8, 4) is 22.5 Å². The van der Waals surface area contributed by atoms with Crippen LogP contribution in [0.15, 0.2) is 108 Å². The number of rotatable bonds is 8. The monoisotopic (exact) mass is 887 g/mol. The number of aryl methyl sites for hydroxylation is 1. The SMILES string of the molecule is [2H]C([2H])([2H])c1ccc2c(n1)oc1c(-c3cc(C([2H])(C)C(C)C)ccn3)[c-]cc(C([2H])(C)C)c12.[2H]C([2H])(c1ccccc1)c1cc(-c2[c-]cccc2)ncc1[Si](C)(C)C.[Ir]. The van der Waals surface area contributed by atoms with Gasteiger partial charge in [0.15, 0.2) is 0 Å². The number of hydrogen-bond donors (Lipinski definition) is 0. The van der Waals surface area contributed by atoms with Gasteiger partial charge in [0, 0.05) is 53.2 Å². The molecule has 6 heteroatoms. The maximum absolute atomic E-state index is 8.84. The van der Waals surface area contributed by atoms with E-state index in [9.17, 15) is 0 Å². The van der Waals surface area contributed by atoms with Gasteiger partial charge in [-0.05, 0) is 65.4 Å². The van der Waals surface area contributed by atoms with E-state index in [-0.39, 0.29) is 37.4 Å². The van der Waals surface area contributed by atoms with Crippen molar-refractivity contribution < 1.29 is 34.1 Å². The Hall–Kier alpha value is -4.22. The summed E-state index contributed by atoms with van der Waals surface area (Å²) in [6.45, 7) is 13.8. The zero-order valence-corrected chi connectivity index (χ0v) is 34.4. The molecular weight excluding hydrogens is 831 g/mol. The quantitative estimate of drug-likeness (QED) is 0.113. The number of benzene rings is 3. The molecule has 1 radical (unpaired) electrons. The number of fused-ring (bicyclic) bond motifs is 3. The fourth-order valence-electron chi connectivity index (χ4n) is 5.97. The van der Waals surface area contributed by atoms with Gasteiger partial charge in [-0.25, -0.2) is 4.98 Å². The topological polar surface area (TPSA) is 51.8 Å². The molecule has 7 aromatic rings. The van der Waals surface area contributed by atoms with Crippen LogP contribution in [0.2, 0.25) is 19.6 Å². The number of pyridine rings is 3. The minimum atomic E-state index is -2.36. The molecule has 0 fully saturated rings. The Morgan fingerprint density at radius 3 is 2.33 bits per heavy atom. The van der Waals surface area contributed by atoms with Gasteiger partial charge in [-0.1, -0.05) is 125 Å². The average Bonchev–Trinajstić information content (AvgIpc) is 3.56. The molecule has 4 nitrogen and oxygen atoms in total. The van der Waals surface area contributed by atoms with E-state index in [1.165, 1.54) is 6.07 Å². The van der Waals surface area contributed by atoms with Gasteiger partial charge in [0.25, 0.3) is 0 Å². The fraction of sp³-hybridized carbons (Fsp3) is 0.283. The third-order valence-electron chi connectivity index (χ3n) is 9.04. The largest absolute Gasteiger partial charge is 0.486 e. The molecule has 0 bridgehead atoms. The van der Waals surface area contributed by atoms with Crippen LogP contribution in [0.25, 0.3) is 44.6 Å². The molecular formula is C46H49IrN3OSi-2. The Balaban J connectivity index is 0.000000229. The molecule has 4 aromatic heterocycles. The maximum Gasteiger partial charge on any atom is 0.216 e. The van der Waals surface area contributed by atoms with Crippen LogP contribution in [0.5, 0.6) is 0 Å². The Morgan fingerprint density at radius 1 is 0.885 bits per heavy atom. The van der Waals surface area contributed by atoms with Crippen LogP contribution in [0.3, 0.4) is 0 Å². The molecule has 0 spiro atoms. The van der Waals surface area contributed by atoms with Crippen LogP contribution in [0.4, 0.5) is 0 Å². The Bertz CT molecular complexity index is 2560. The summed E-state index contributed by atoms with van der Waals surface area (Å²) in [6, 6.07) is 34.1. The van der Waals surface area contributed by atoms with Crippen molar-refractivity contribution in [2.24, 2.45) is 5.92 Å². The minimum absolute atomic E-state index is 0. The van der Waals surface area contributed by atoms with Crippen molar-refractivity contribution in [2.45, 2.75) is 79.3 Å². The summed E-state index contributed by atoms with van der Waals surface area (Å²) in [7, 11) is -1.76. The molecule has 52 heavy (non-hydrogen) atoms. The second-order valence-corrected chi connectivity index (χ2v) is 19.4. The van der Waals surface area contributed by atoms with Crippen LogP contribution in [0.1, 0.15) is 83.9 Å². The van der Waals surface area contributed by atoms with E-state index in [1.807, 2.05) is 99.8 Å². The van der Waals surface area contributed by atoms with Crippen LogP contribution in [-0.4, -0.2) is 23.0 Å². The standard InChI is InChI=1S/C25H27N2O.C21H22NSi.Ir/c1-14(2)17(6)18-11-12-26-22(13-18)20-10-9-19(15(3)4)23-21-8-7-16(5)27-25(21)28-24(20)23;1-23(2,3)21-16-22-20(18-12-8-5-9-13-18)15-19(21)14-17-10-6-4-7-11-17;/h7-9,11-15,17H,1-6H3;4-12,15-16H,14H2,1-3H3;/q2*-1;/i5D3,15D,17D;14D2;. The number of furan rings is 1. The van der Waals surface area contributed by atoms with Crippen molar-refractivity contribution in [1.82, 2.24) is 15.0 Å². The minimum Gasteiger partial charge on any atom is -0.486 e. The predicted octanol–water partition coefficient (Wildman–Crippen LogP) is 11.7. The van der Waals surface area contributed by atoms with Gasteiger partial charge in [-0.15, -0.1) is 53.6 Å². The number of hydrogen-bond acceptors (Lipinski definition) is 4. The third-order valence-corrected chi connectivity index (χ3v) is 11.1. The van der Waals surface area contributed by atoms with Crippen molar-refractivity contribution >= 4 is 35.3 Å². The van der Waals surface area contributed by atoms with Gasteiger partial charge in [0.2, 0.25) is 5.71 Å². The summed E-state index contributed by atoms with van der Waals surface area (Å²) >= 11 is 0. The van der Waals surface area contributed by atoms with Gasteiger partial charge in [0.1, 0.15) is 0 Å². The van der Waals surface area contributed by atoms with Crippen molar-refractivity contribution in [3.05, 3.63) is 143 Å². The average molecular weight is 887 g/mol. The molecule has 0 N–H and O–H groups in total. The predicted molar refractivity (Wildman–Crippen MR) is 216 cm³/mol. The molecule has 0 amide bonds. The zero-order valence-electron chi connectivity index (χ0n) is 38.0. The first-order chi connectivity index (χ1) is 27.0. The molecule has 1 unspecified atom stereocenters. The molecule has 0 aliphatic carbocycles. The van der Waals surface area contributed by atoms with Crippen molar-refractivity contribution in [3.63, 3.8) is 0 Å². The van der Waals surface area contributed by atoms with E-state index in [0.29, 0.717) is 38.7 Å². The molecule has 1 atom stereocenters. The van der Waals surface area contributed by atoms with Crippen molar-refractivity contribution in [1.29, 1.82) is 0 Å². The molecule has 0 saturated carbocycles. The Morgan fingerprint density at radius 2 is 1.65 bits per heavy atom. The van der Waals surface area contributed by atoms with Crippen LogP contribution >= 0.6 is 0 Å². The Labute approximate surface area is 334 Å². The van der Waals surface area contributed by atoms with E-state index in [0.717, 1.165) is 27.6 Å². The van der Waals surface area contributed by atoms with Gasteiger partial charge in [0.05, 0.1) is 13.7 Å². The molecule has 0 aliphatic rings. The van der Waals surface area contributed by atoms with E-state index in [4.69, 9.17) is 14.0 Å². The molecule has 7 rings (SSSR count). The van der Waals surface area contributed by atoms with E-state index in [1.54, 1.807) is 32.2 Å². The molecule has 269 valence electrons. The Kier molecular flexibility index (Phi) is 9.68. The number of aromatic nitrogens is 3. The summed E-state index contributed by atoms with van der Waals surface area (Å²) in [4.78, 5) is 13.4. The maximum atomic E-state index is 8.84. The zero-order chi connectivity index (χ0) is 42.4. The molecule has 3 aromatic carbocycles. The van der Waals surface area contributed by atoms with Gasteiger partial charge < -0.3 is 14.4 Å². The third kappa shape index (κ3) is 8.69. The van der Waals surface area contributed by atoms with Gasteiger partial charge >= 0.3 is 0 Å². The van der Waals surface area contributed by atoms with Crippen molar-refractivity contribution in [2.75, 3.05) is 0 Å². The second kappa shape index (κ2) is 16.6. The summed E-state index contributed by atoms with van der Waals surface area (Å²) in [6.07, 6.45) is 1.98. The molecule has 4 heterocycles. The van der Waals surface area contributed by atoms with Crippen LogP contribution in [-0.2, 0) is 26.5 Å².